The smallest absolute Gasteiger partial charge is 0.306 e. The van der Waals surface area contributed by atoms with Crippen molar-refractivity contribution in [2.45, 2.75) is 193 Å². The average molecular weight is 839 g/mol. The summed E-state index contributed by atoms with van der Waals surface area (Å²) in [6.07, 6.45) is 35.3. The van der Waals surface area contributed by atoms with Gasteiger partial charge in [0, 0.05) is 52.2 Å². The molecule has 1 aliphatic heterocycles. The maximum Gasteiger partial charge on any atom is 0.306 e. The van der Waals surface area contributed by atoms with Crippen LogP contribution in [-0.2, 0) is 25.5 Å². The lowest BCUT2D eigenvalue weighted by Crippen LogP contribution is -2.54. The van der Waals surface area contributed by atoms with Crippen LogP contribution in [0.4, 0.5) is 0 Å². The largest absolute Gasteiger partial charge is 0.497 e. The first-order valence-corrected chi connectivity index (χ1v) is 24.8. The molecule has 1 N–H and O–H groups in total. The van der Waals surface area contributed by atoms with Gasteiger partial charge in [-0.05, 0) is 63.3 Å². The molecule has 2 amide bonds. The highest BCUT2D eigenvalue weighted by molar-refractivity contribution is 5.89. The fourth-order valence-electron chi connectivity index (χ4n) is 8.07. The van der Waals surface area contributed by atoms with Gasteiger partial charge >= 0.3 is 5.97 Å². The molecular weight excluding hydrogens is 749 g/mol. The van der Waals surface area contributed by atoms with Crippen LogP contribution in [0.2, 0.25) is 0 Å². The second kappa shape index (κ2) is 36.7. The third-order valence-corrected chi connectivity index (χ3v) is 12.2. The molecule has 2 rings (SSSR count). The van der Waals surface area contributed by atoms with Crippen LogP contribution in [0.5, 0.6) is 5.75 Å². The zero-order valence-corrected chi connectivity index (χ0v) is 39.2. The standard InChI is InChI=1S/C51H90N4O5/c1-5-7-9-11-13-15-17-19-21-23-25-27-29-31-48(51(58)52-38-37-46-33-35-47(59-4)36-34-46)55(44-43-54-41-39-53(3)40-42-54)49(56)45-60-50(57)32-30-28-26-24-22-20-18-16-14-12-10-8-6-2/h11,13,33-36,48H,5-10,12,14-32,37-45H2,1-4H3,(H,52,58)/b13-11-. The van der Waals surface area contributed by atoms with Crippen molar-refractivity contribution in [3.05, 3.63) is 42.0 Å². The lowest BCUT2D eigenvalue weighted by molar-refractivity contribution is -0.154. The zero-order chi connectivity index (χ0) is 43.3. The van der Waals surface area contributed by atoms with Crippen LogP contribution in [0.25, 0.3) is 0 Å². The maximum absolute atomic E-state index is 14.1. The Balaban J connectivity index is 1.92. The Bertz CT molecular complexity index is 1230. The van der Waals surface area contributed by atoms with E-state index < -0.39 is 6.04 Å². The van der Waals surface area contributed by atoms with Crippen LogP contribution in [-0.4, -0.2) is 105 Å². The van der Waals surface area contributed by atoms with E-state index in [2.05, 4.69) is 48.2 Å². The summed E-state index contributed by atoms with van der Waals surface area (Å²) >= 11 is 0. The summed E-state index contributed by atoms with van der Waals surface area (Å²) in [5.74, 6) is 0.0817. The molecule has 1 heterocycles. The molecule has 1 atom stereocenters. The molecule has 0 aromatic heterocycles. The fraction of sp³-hybridized carbons (Fsp3) is 0.784. The first-order chi connectivity index (χ1) is 29.4. The van der Waals surface area contributed by atoms with Crippen molar-refractivity contribution in [1.82, 2.24) is 20.0 Å². The fourth-order valence-corrected chi connectivity index (χ4v) is 8.07. The number of carbonyl (C=O) groups is 3. The molecule has 344 valence electrons. The van der Waals surface area contributed by atoms with E-state index in [0.29, 0.717) is 38.9 Å². The lowest BCUT2D eigenvalue weighted by Gasteiger charge is -2.36. The van der Waals surface area contributed by atoms with Gasteiger partial charge in [-0.15, -0.1) is 0 Å². The van der Waals surface area contributed by atoms with Gasteiger partial charge in [0.05, 0.1) is 7.11 Å². The number of rotatable bonds is 38. The van der Waals surface area contributed by atoms with E-state index in [9.17, 15) is 14.4 Å². The van der Waals surface area contributed by atoms with Crippen LogP contribution in [0.3, 0.4) is 0 Å². The number of ether oxygens (including phenoxy) is 2. The Kier molecular flexibility index (Phi) is 32.6. The first-order valence-electron chi connectivity index (χ1n) is 24.8. The van der Waals surface area contributed by atoms with Crippen LogP contribution >= 0.6 is 0 Å². The number of piperazine rings is 1. The van der Waals surface area contributed by atoms with Crippen LogP contribution in [0.1, 0.15) is 186 Å². The molecule has 0 bridgehead atoms. The predicted molar refractivity (Wildman–Crippen MR) is 251 cm³/mol. The Hall–Kier alpha value is -2.91. The third kappa shape index (κ3) is 27.1. The highest BCUT2D eigenvalue weighted by Gasteiger charge is 2.30. The van der Waals surface area contributed by atoms with E-state index in [1.54, 1.807) is 12.0 Å². The topological polar surface area (TPSA) is 91.4 Å². The van der Waals surface area contributed by atoms with Gasteiger partial charge in [-0.25, -0.2) is 0 Å². The second-order valence-electron chi connectivity index (χ2n) is 17.5. The summed E-state index contributed by atoms with van der Waals surface area (Å²) < 4.78 is 10.9. The number of allylic oxidation sites excluding steroid dienone is 2. The van der Waals surface area contributed by atoms with Gasteiger partial charge < -0.3 is 24.6 Å². The van der Waals surface area contributed by atoms with Crippen molar-refractivity contribution in [1.29, 1.82) is 0 Å². The minimum Gasteiger partial charge on any atom is -0.497 e. The molecule has 60 heavy (non-hydrogen) atoms. The van der Waals surface area contributed by atoms with Gasteiger partial charge in [-0.1, -0.05) is 167 Å². The third-order valence-electron chi connectivity index (χ3n) is 12.2. The molecule has 0 saturated carbocycles. The number of hydrogen-bond donors (Lipinski definition) is 1. The molecule has 0 radical (unpaired) electrons. The quantitative estimate of drug-likeness (QED) is 0.0403. The van der Waals surface area contributed by atoms with Crippen molar-refractivity contribution >= 4 is 17.8 Å². The Morgan fingerprint density at radius 2 is 1.23 bits per heavy atom. The van der Waals surface area contributed by atoms with Gasteiger partial charge in [0.25, 0.3) is 5.91 Å². The number of carbonyl (C=O) groups excluding carboxylic acids is 3. The summed E-state index contributed by atoms with van der Waals surface area (Å²) in [6, 6.07) is 7.30. The van der Waals surface area contributed by atoms with Gasteiger partial charge in [-0.3, -0.25) is 19.3 Å². The Morgan fingerprint density at radius 3 is 1.82 bits per heavy atom. The van der Waals surface area contributed by atoms with Crippen molar-refractivity contribution in [2.75, 3.05) is 66.6 Å². The van der Waals surface area contributed by atoms with Crippen LogP contribution in [0, 0.1) is 0 Å². The molecule has 0 aliphatic carbocycles. The van der Waals surface area contributed by atoms with Crippen molar-refractivity contribution in [2.24, 2.45) is 0 Å². The molecule has 9 heteroatoms. The second-order valence-corrected chi connectivity index (χ2v) is 17.5. The minimum atomic E-state index is -0.611. The summed E-state index contributed by atoms with van der Waals surface area (Å²) in [6.45, 7) is 9.61. The number of esters is 1. The van der Waals surface area contributed by atoms with E-state index in [1.165, 1.54) is 116 Å². The van der Waals surface area contributed by atoms with Gasteiger partial charge in [-0.2, -0.15) is 0 Å². The molecule has 1 unspecified atom stereocenters. The highest BCUT2D eigenvalue weighted by Crippen LogP contribution is 2.18. The van der Waals surface area contributed by atoms with Crippen molar-refractivity contribution < 1.29 is 23.9 Å². The number of hydrogen-bond acceptors (Lipinski definition) is 7. The number of methoxy groups -OCH3 is 1. The normalized spacial score (nSPS) is 14.1. The number of nitrogens with one attached hydrogen (secondary N) is 1. The molecule has 9 nitrogen and oxygen atoms in total. The summed E-state index contributed by atoms with van der Waals surface area (Å²) in [5, 5.41) is 3.17. The molecular formula is C51H90N4O5. The van der Waals surface area contributed by atoms with E-state index in [-0.39, 0.29) is 24.4 Å². The Morgan fingerprint density at radius 1 is 0.700 bits per heavy atom. The van der Waals surface area contributed by atoms with Crippen LogP contribution in [0.15, 0.2) is 36.4 Å². The zero-order valence-electron chi connectivity index (χ0n) is 39.2. The predicted octanol–water partition coefficient (Wildman–Crippen LogP) is 11.1. The Labute approximate surface area is 368 Å². The molecule has 1 fully saturated rings. The van der Waals surface area contributed by atoms with E-state index in [1.807, 2.05) is 24.3 Å². The number of unbranched alkanes of at least 4 members (excludes halogenated alkanes) is 21. The number of likely N-dealkylation sites (N-methyl/N-ethyl adjacent to an activating group) is 1. The maximum atomic E-state index is 14.1. The monoisotopic (exact) mass is 839 g/mol. The van der Waals surface area contributed by atoms with E-state index in [4.69, 9.17) is 9.47 Å². The van der Waals surface area contributed by atoms with Gasteiger partial charge in [0.1, 0.15) is 11.8 Å². The lowest BCUT2D eigenvalue weighted by atomic mass is 10.0. The average Bonchev–Trinajstić information content (AvgIpc) is 3.26. The van der Waals surface area contributed by atoms with Crippen LogP contribution < -0.4 is 10.1 Å². The molecule has 1 saturated heterocycles. The van der Waals surface area contributed by atoms with E-state index >= 15 is 0 Å². The number of amides is 2. The highest BCUT2D eigenvalue weighted by atomic mass is 16.5. The SMILES string of the molecule is CCCC/C=C\CCCCCCCCCC(C(=O)NCCc1ccc(OC)cc1)N(CCN1CCN(C)CC1)C(=O)COC(=O)CCCCCCCCCCCCCCC. The van der Waals surface area contributed by atoms with E-state index in [0.717, 1.165) is 76.0 Å². The molecule has 1 aliphatic rings. The minimum absolute atomic E-state index is 0.125. The number of benzene rings is 1. The van der Waals surface area contributed by atoms with Crippen molar-refractivity contribution in [3.63, 3.8) is 0 Å². The molecule has 1 aromatic rings. The van der Waals surface area contributed by atoms with Crippen molar-refractivity contribution in [3.8, 4) is 5.75 Å². The summed E-state index contributed by atoms with van der Waals surface area (Å²) in [5.41, 5.74) is 1.11. The number of nitrogens with zero attached hydrogens (tertiary/aromatic N) is 3. The summed E-state index contributed by atoms with van der Waals surface area (Å²) in [7, 11) is 3.79. The van der Waals surface area contributed by atoms with Gasteiger partial charge in [0.2, 0.25) is 5.91 Å². The first kappa shape index (κ1) is 53.2. The summed E-state index contributed by atoms with van der Waals surface area (Å²) in [4.78, 5) is 47.3. The molecule has 0 spiro atoms. The van der Waals surface area contributed by atoms with Gasteiger partial charge in [0.15, 0.2) is 6.61 Å². The molecule has 1 aromatic carbocycles.